The molecular weight excluding hydrogens is 330 g/mol. The molecule has 0 spiro atoms. The molecule has 1 amide bonds. The molecule has 1 aromatic heterocycles. The average molecular weight is 352 g/mol. The highest BCUT2D eigenvalue weighted by molar-refractivity contribution is 7.09. The van der Waals surface area contributed by atoms with Gasteiger partial charge in [0.25, 0.3) is 5.91 Å². The number of carbonyl (C=O) groups excluding carboxylic acids is 1. The van der Waals surface area contributed by atoms with E-state index in [1.165, 1.54) is 11.3 Å². The van der Waals surface area contributed by atoms with Crippen molar-refractivity contribution in [3.63, 3.8) is 0 Å². The first kappa shape index (κ1) is 17.9. The van der Waals surface area contributed by atoms with Crippen molar-refractivity contribution < 1.29 is 4.79 Å². The maximum absolute atomic E-state index is 12.1. The number of hydrogen-bond acceptors (Lipinski definition) is 4. The molecule has 1 unspecified atom stereocenters. The summed E-state index contributed by atoms with van der Waals surface area (Å²) in [4.78, 5) is 16.5. The number of nitrogens with two attached hydrogens (primary N) is 1. The third-order valence-corrected chi connectivity index (χ3v) is 4.60. The summed E-state index contributed by atoms with van der Waals surface area (Å²) in [5, 5.41) is 6.17. The smallest absolute Gasteiger partial charge is 0.270 e. The van der Waals surface area contributed by atoms with Crippen LogP contribution in [0.1, 0.15) is 47.4 Å². The Bertz CT molecular complexity index is 657. The molecule has 0 saturated heterocycles. The Morgan fingerprint density at radius 3 is 2.91 bits per heavy atom. The Labute approximate surface area is 146 Å². The molecule has 0 radical (unpaired) electrons. The van der Waals surface area contributed by atoms with E-state index in [2.05, 4.69) is 24.1 Å². The largest absolute Gasteiger partial charge is 0.350 e. The Morgan fingerprint density at radius 1 is 1.43 bits per heavy atom. The van der Waals surface area contributed by atoms with Crippen LogP contribution in [0.4, 0.5) is 0 Å². The molecule has 124 valence electrons. The zero-order valence-corrected chi connectivity index (χ0v) is 15.0. The van der Waals surface area contributed by atoms with Gasteiger partial charge in [-0.1, -0.05) is 37.6 Å². The first-order valence-corrected chi connectivity index (χ1v) is 8.95. The standard InChI is InChI=1S/C17H22ClN3OS/c1-11(2)8-14(19)17-21-15(10-23-17)16(22)20-7-6-12-4-3-5-13(18)9-12/h3-5,9-11,14H,6-8,19H2,1-2H3,(H,20,22). The van der Waals surface area contributed by atoms with Gasteiger partial charge in [-0.05, 0) is 36.5 Å². The third kappa shape index (κ3) is 5.61. The van der Waals surface area contributed by atoms with Crippen LogP contribution >= 0.6 is 22.9 Å². The highest BCUT2D eigenvalue weighted by Gasteiger charge is 2.15. The van der Waals surface area contributed by atoms with Crippen molar-refractivity contribution in [2.75, 3.05) is 6.54 Å². The molecule has 1 heterocycles. The lowest BCUT2D eigenvalue weighted by Crippen LogP contribution is -2.26. The first-order chi connectivity index (χ1) is 11.0. The third-order valence-electron chi connectivity index (χ3n) is 3.39. The van der Waals surface area contributed by atoms with Crippen molar-refractivity contribution in [3.8, 4) is 0 Å². The minimum absolute atomic E-state index is 0.104. The molecule has 0 aliphatic heterocycles. The van der Waals surface area contributed by atoms with Gasteiger partial charge in [0.15, 0.2) is 0 Å². The van der Waals surface area contributed by atoms with E-state index < -0.39 is 0 Å². The second-order valence-corrected chi connectivity index (χ2v) is 7.27. The molecule has 2 aromatic rings. The normalized spacial score (nSPS) is 12.4. The zero-order chi connectivity index (χ0) is 16.8. The molecule has 23 heavy (non-hydrogen) atoms. The van der Waals surface area contributed by atoms with Crippen LogP contribution in [0.5, 0.6) is 0 Å². The van der Waals surface area contributed by atoms with Gasteiger partial charge in [0, 0.05) is 16.9 Å². The molecule has 4 nitrogen and oxygen atoms in total. The Morgan fingerprint density at radius 2 is 2.22 bits per heavy atom. The molecule has 6 heteroatoms. The number of nitrogens with zero attached hydrogens (tertiary/aromatic N) is 1. The minimum atomic E-state index is -0.161. The van der Waals surface area contributed by atoms with Crippen molar-refractivity contribution in [2.24, 2.45) is 11.7 Å². The summed E-state index contributed by atoms with van der Waals surface area (Å²) < 4.78 is 0. The first-order valence-electron chi connectivity index (χ1n) is 7.69. The van der Waals surface area contributed by atoms with Gasteiger partial charge in [-0.15, -0.1) is 11.3 Å². The van der Waals surface area contributed by atoms with Crippen LogP contribution in [0.2, 0.25) is 5.02 Å². The summed E-state index contributed by atoms with van der Waals surface area (Å²) in [5.41, 5.74) is 7.64. The van der Waals surface area contributed by atoms with Gasteiger partial charge in [-0.2, -0.15) is 0 Å². The monoisotopic (exact) mass is 351 g/mol. The fourth-order valence-electron chi connectivity index (χ4n) is 2.27. The molecule has 1 aromatic carbocycles. The summed E-state index contributed by atoms with van der Waals surface area (Å²) >= 11 is 7.39. The van der Waals surface area contributed by atoms with Gasteiger partial charge in [-0.25, -0.2) is 4.98 Å². The molecule has 0 aliphatic carbocycles. The zero-order valence-electron chi connectivity index (χ0n) is 13.4. The summed E-state index contributed by atoms with van der Waals surface area (Å²) in [6, 6.07) is 7.53. The van der Waals surface area contributed by atoms with Crippen molar-refractivity contribution in [1.82, 2.24) is 10.3 Å². The quantitative estimate of drug-likeness (QED) is 0.796. The Kier molecular flexibility index (Phi) is 6.57. The molecule has 1 atom stereocenters. The van der Waals surface area contributed by atoms with Crippen molar-refractivity contribution in [3.05, 3.63) is 50.9 Å². The van der Waals surface area contributed by atoms with Gasteiger partial charge < -0.3 is 11.1 Å². The van der Waals surface area contributed by atoms with E-state index in [1.807, 2.05) is 24.3 Å². The minimum Gasteiger partial charge on any atom is -0.350 e. The van der Waals surface area contributed by atoms with Crippen molar-refractivity contribution in [1.29, 1.82) is 0 Å². The average Bonchev–Trinajstić information content (AvgIpc) is 2.96. The number of amides is 1. The van der Waals surface area contributed by atoms with Crippen LogP contribution in [0.3, 0.4) is 0 Å². The van der Waals surface area contributed by atoms with Crippen LogP contribution in [0.15, 0.2) is 29.6 Å². The van der Waals surface area contributed by atoms with Gasteiger partial charge >= 0.3 is 0 Å². The summed E-state index contributed by atoms with van der Waals surface area (Å²) in [6.07, 6.45) is 1.60. The van der Waals surface area contributed by atoms with Crippen LogP contribution < -0.4 is 11.1 Å². The predicted molar refractivity (Wildman–Crippen MR) is 96.0 cm³/mol. The lowest BCUT2D eigenvalue weighted by atomic mass is 10.1. The maximum atomic E-state index is 12.1. The molecular formula is C17H22ClN3OS. The summed E-state index contributed by atoms with van der Waals surface area (Å²) in [7, 11) is 0. The fraction of sp³-hybridized carbons (Fsp3) is 0.412. The van der Waals surface area contributed by atoms with Crippen LogP contribution in [-0.2, 0) is 6.42 Å². The highest BCUT2D eigenvalue weighted by atomic mass is 35.5. The van der Waals surface area contributed by atoms with E-state index in [-0.39, 0.29) is 11.9 Å². The second-order valence-electron chi connectivity index (χ2n) is 5.94. The molecule has 2 rings (SSSR count). The van der Waals surface area contributed by atoms with Crippen LogP contribution in [0, 0.1) is 5.92 Å². The SMILES string of the molecule is CC(C)CC(N)c1nc(C(=O)NCCc2cccc(Cl)c2)cs1. The second kappa shape index (κ2) is 8.43. The van der Waals surface area contributed by atoms with Crippen molar-refractivity contribution in [2.45, 2.75) is 32.7 Å². The fourth-order valence-corrected chi connectivity index (χ4v) is 3.30. The Balaban J connectivity index is 1.85. The number of nitrogens with one attached hydrogen (secondary N) is 1. The number of benzene rings is 1. The van der Waals surface area contributed by atoms with Gasteiger partial charge in [-0.3, -0.25) is 4.79 Å². The van der Waals surface area contributed by atoms with E-state index in [4.69, 9.17) is 17.3 Å². The van der Waals surface area contributed by atoms with E-state index in [9.17, 15) is 4.79 Å². The maximum Gasteiger partial charge on any atom is 0.270 e. The van der Waals surface area contributed by atoms with E-state index in [0.29, 0.717) is 23.2 Å². The summed E-state index contributed by atoms with van der Waals surface area (Å²) in [5.74, 6) is 0.343. The molecule has 0 aliphatic rings. The van der Waals surface area contributed by atoms with Crippen LogP contribution in [-0.4, -0.2) is 17.4 Å². The number of hydrogen-bond donors (Lipinski definition) is 2. The number of rotatable bonds is 7. The van der Waals surface area contributed by atoms with Gasteiger partial charge in [0.1, 0.15) is 10.7 Å². The molecule has 0 saturated carbocycles. The summed E-state index contributed by atoms with van der Waals surface area (Å²) in [6.45, 7) is 4.79. The number of aromatic nitrogens is 1. The molecule has 0 fully saturated rings. The van der Waals surface area contributed by atoms with E-state index in [0.717, 1.165) is 23.4 Å². The number of carbonyl (C=O) groups is 1. The molecule has 0 bridgehead atoms. The lowest BCUT2D eigenvalue weighted by molar-refractivity contribution is 0.0949. The Hall–Kier alpha value is -1.43. The predicted octanol–water partition coefficient (Wildman–Crippen LogP) is 3.81. The highest BCUT2D eigenvalue weighted by Crippen LogP contribution is 2.22. The number of halogens is 1. The topological polar surface area (TPSA) is 68.0 Å². The van der Waals surface area contributed by atoms with Crippen molar-refractivity contribution >= 4 is 28.8 Å². The molecule has 3 N–H and O–H groups in total. The number of thiazole rings is 1. The van der Waals surface area contributed by atoms with Crippen LogP contribution in [0.25, 0.3) is 0 Å². The van der Waals surface area contributed by atoms with E-state index >= 15 is 0 Å². The van der Waals surface area contributed by atoms with Gasteiger partial charge in [0.05, 0.1) is 6.04 Å². The van der Waals surface area contributed by atoms with E-state index in [1.54, 1.807) is 5.38 Å². The van der Waals surface area contributed by atoms with Gasteiger partial charge in [0.2, 0.25) is 0 Å². The lowest BCUT2D eigenvalue weighted by Gasteiger charge is -2.10.